The molecule has 3 aromatic carbocycles. The van der Waals surface area contributed by atoms with E-state index in [0.29, 0.717) is 28.3 Å². The van der Waals surface area contributed by atoms with Gasteiger partial charge in [0.05, 0.1) is 29.0 Å². The fourth-order valence-electron chi connectivity index (χ4n) is 4.53. The molecule has 0 aliphatic carbocycles. The Bertz CT molecular complexity index is 1460. The number of methoxy groups -OCH3 is 1. The average Bonchev–Trinajstić information content (AvgIpc) is 3.27. The van der Waals surface area contributed by atoms with Crippen molar-refractivity contribution in [3.05, 3.63) is 117 Å². The van der Waals surface area contributed by atoms with Crippen molar-refractivity contribution in [2.45, 2.75) is 12.8 Å². The zero-order valence-corrected chi connectivity index (χ0v) is 19.1. The third kappa shape index (κ3) is 3.85. The molecule has 4 aromatic rings. The second-order valence-electron chi connectivity index (χ2n) is 8.16. The van der Waals surface area contributed by atoms with Crippen LogP contribution in [-0.4, -0.2) is 27.8 Å². The van der Waals surface area contributed by atoms with Gasteiger partial charge in [0.2, 0.25) is 0 Å². The van der Waals surface area contributed by atoms with E-state index in [1.807, 2.05) is 60.7 Å². The first-order chi connectivity index (χ1) is 17.0. The number of rotatable bonds is 5. The van der Waals surface area contributed by atoms with E-state index in [4.69, 9.17) is 9.84 Å². The quantitative estimate of drug-likeness (QED) is 0.238. The van der Waals surface area contributed by atoms with E-state index in [2.05, 4.69) is 5.32 Å². The molecule has 1 aliphatic rings. The molecule has 2 heterocycles. The Morgan fingerprint density at radius 2 is 1.71 bits per heavy atom. The number of fused-ring (bicyclic) bond motifs is 1. The molecule has 1 N–H and O–H groups in total. The number of non-ortho nitro benzene ring substituents is 1. The number of aromatic nitrogens is 2. The summed E-state index contributed by atoms with van der Waals surface area (Å²) in [6.45, 7) is 1.80. The van der Waals surface area contributed by atoms with Gasteiger partial charge in [0.15, 0.2) is 0 Å². The maximum atomic E-state index is 13.0. The predicted molar refractivity (Wildman–Crippen MR) is 132 cm³/mol. The first kappa shape index (κ1) is 22.1. The number of nitrogens with one attached hydrogen (secondary N) is 1. The highest BCUT2D eigenvalue weighted by molar-refractivity contribution is 5.96. The van der Waals surface area contributed by atoms with Crippen molar-refractivity contribution in [3.63, 3.8) is 0 Å². The smallest absolute Gasteiger partial charge is 0.336 e. The number of nitrogens with zero attached hydrogens (tertiary/aromatic N) is 3. The summed E-state index contributed by atoms with van der Waals surface area (Å²) >= 11 is 0. The molecular formula is C27H22N4O4. The van der Waals surface area contributed by atoms with Crippen LogP contribution in [0.3, 0.4) is 0 Å². The first-order valence-corrected chi connectivity index (χ1v) is 11.0. The summed E-state index contributed by atoms with van der Waals surface area (Å²) in [4.78, 5) is 24.2. The number of carbonyl (C=O) groups is 1. The van der Waals surface area contributed by atoms with E-state index in [-0.39, 0.29) is 5.69 Å². The largest absolute Gasteiger partial charge is 0.466 e. The van der Waals surface area contributed by atoms with Gasteiger partial charge in [-0.2, -0.15) is 5.10 Å². The van der Waals surface area contributed by atoms with Crippen molar-refractivity contribution in [1.82, 2.24) is 9.78 Å². The van der Waals surface area contributed by atoms with Crippen molar-refractivity contribution in [2.75, 3.05) is 12.4 Å². The number of anilines is 1. The van der Waals surface area contributed by atoms with Crippen LogP contribution >= 0.6 is 0 Å². The van der Waals surface area contributed by atoms with E-state index in [9.17, 15) is 14.9 Å². The van der Waals surface area contributed by atoms with E-state index in [0.717, 1.165) is 16.8 Å². The highest BCUT2D eigenvalue weighted by Gasteiger charge is 2.38. The Balaban J connectivity index is 1.85. The number of hydrogen-bond donors (Lipinski definition) is 1. The number of nitro groups is 1. The zero-order chi connectivity index (χ0) is 24.5. The Labute approximate surface area is 201 Å². The topological polar surface area (TPSA) is 99.3 Å². The SMILES string of the molecule is COC(=O)C1=C(C)Nc2c(c(-c3ccccc3)nn2-c2ccccc2)C1c1cccc([N+](=O)[O-])c1. The standard InChI is InChI=1S/C27H22N4O4/c1-17-22(27(32)35-2)23(19-12-9-15-21(16-19)31(33)34)24-25(18-10-5-3-6-11-18)29-30(26(24)28-17)20-13-7-4-8-14-20/h3-16,23,28H,1-2H3. The van der Waals surface area contributed by atoms with Crippen LogP contribution in [0.15, 0.2) is 96.2 Å². The zero-order valence-electron chi connectivity index (χ0n) is 19.1. The Hall–Kier alpha value is -4.72. The van der Waals surface area contributed by atoms with Crippen LogP contribution in [0.25, 0.3) is 16.9 Å². The van der Waals surface area contributed by atoms with E-state index < -0.39 is 16.8 Å². The van der Waals surface area contributed by atoms with Gasteiger partial charge in [-0.3, -0.25) is 10.1 Å². The monoisotopic (exact) mass is 466 g/mol. The maximum absolute atomic E-state index is 13.0. The summed E-state index contributed by atoms with van der Waals surface area (Å²) in [5.41, 5.74) is 4.63. The van der Waals surface area contributed by atoms with Gasteiger partial charge in [0.1, 0.15) is 5.82 Å². The molecule has 1 aliphatic heterocycles. The van der Waals surface area contributed by atoms with E-state index in [1.165, 1.54) is 19.2 Å². The Morgan fingerprint density at radius 1 is 1.03 bits per heavy atom. The van der Waals surface area contributed by atoms with E-state index in [1.54, 1.807) is 23.7 Å². The molecule has 0 saturated carbocycles. The molecule has 0 spiro atoms. The lowest BCUT2D eigenvalue weighted by molar-refractivity contribution is -0.384. The number of hydrogen-bond acceptors (Lipinski definition) is 6. The average molecular weight is 466 g/mol. The summed E-state index contributed by atoms with van der Waals surface area (Å²) in [6, 6.07) is 25.7. The second-order valence-corrected chi connectivity index (χ2v) is 8.16. The van der Waals surface area contributed by atoms with Gasteiger partial charge in [0, 0.05) is 34.9 Å². The van der Waals surface area contributed by atoms with Crippen molar-refractivity contribution in [3.8, 4) is 16.9 Å². The Morgan fingerprint density at radius 3 is 2.37 bits per heavy atom. The van der Waals surface area contributed by atoms with Crippen LogP contribution in [0.2, 0.25) is 0 Å². The van der Waals surface area contributed by atoms with Crippen LogP contribution in [0.4, 0.5) is 11.5 Å². The minimum atomic E-state index is -0.633. The van der Waals surface area contributed by atoms with Crippen LogP contribution in [0.5, 0.6) is 0 Å². The van der Waals surface area contributed by atoms with Gasteiger partial charge in [-0.25, -0.2) is 9.48 Å². The molecule has 8 nitrogen and oxygen atoms in total. The molecule has 0 fully saturated rings. The van der Waals surface area contributed by atoms with Crippen LogP contribution in [-0.2, 0) is 9.53 Å². The van der Waals surface area contributed by atoms with Gasteiger partial charge in [-0.1, -0.05) is 60.7 Å². The molecule has 35 heavy (non-hydrogen) atoms. The number of allylic oxidation sites excluding steroid dienone is 1. The Kier molecular flexibility index (Phi) is 5.62. The summed E-state index contributed by atoms with van der Waals surface area (Å²) in [5, 5.41) is 19.9. The van der Waals surface area contributed by atoms with Crippen molar-refractivity contribution in [1.29, 1.82) is 0 Å². The lowest BCUT2D eigenvalue weighted by Gasteiger charge is -2.28. The predicted octanol–water partition coefficient (Wildman–Crippen LogP) is 5.45. The molecule has 8 heteroatoms. The fraction of sp³-hybridized carbons (Fsp3) is 0.111. The minimum absolute atomic E-state index is 0.0545. The first-order valence-electron chi connectivity index (χ1n) is 11.0. The fourth-order valence-corrected chi connectivity index (χ4v) is 4.53. The highest BCUT2D eigenvalue weighted by Crippen LogP contribution is 2.47. The van der Waals surface area contributed by atoms with Gasteiger partial charge < -0.3 is 10.1 Å². The minimum Gasteiger partial charge on any atom is -0.466 e. The highest BCUT2D eigenvalue weighted by atomic mass is 16.6. The van der Waals surface area contributed by atoms with Crippen molar-refractivity contribution < 1.29 is 14.5 Å². The van der Waals surface area contributed by atoms with Gasteiger partial charge in [0.25, 0.3) is 5.69 Å². The van der Waals surface area contributed by atoms with Crippen LogP contribution in [0, 0.1) is 10.1 Å². The number of nitro benzene ring substituents is 1. The van der Waals surface area contributed by atoms with Crippen molar-refractivity contribution >= 4 is 17.5 Å². The van der Waals surface area contributed by atoms with Gasteiger partial charge >= 0.3 is 5.97 Å². The molecular weight excluding hydrogens is 444 g/mol. The van der Waals surface area contributed by atoms with Gasteiger partial charge in [-0.05, 0) is 24.6 Å². The third-order valence-corrected chi connectivity index (χ3v) is 6.08. The van der Waals surface area contributed by atoms with Crippen LogP contribution in [0.1, 0.15) is 24.0 Å². The lowest BCUT2D eigenvalue weighted by atomic mass is 9.80. The van der Waals surface area contributed by atoms with Gasteiger partial charge in [-0.15, -0.1) is 0 Å². The molecule has 0 saturated heterocycles. The molecule has 1 atom stereocenters. The molecule has 5 rings (SSSR count). The van der Waals surface area contributed by atoms with E-state index >= 15 is 0 Å². The third-order valence-electron chi connectivity index (χ3n) is 6.08. The second kappa shape index (κ2) is 8.90. The molecule has 0 amide bonds. The molecule has 174 valence electrons. The molecule has 1 unspecified atom stereocenters. The summed E-state index contributed by atoms with van der Waals surface area (Å²) in [7, 11) is 1.33. The summed E-state index contributed by atoms with van der Waals surface area (Å²) in [5.74, 6) is -0.452. The number of carbonyl (C=O) groups excluding carboxylic acids is 1. The molecule has 0 bridgehead atoms. The van der Waals surface area contributed by atoms with Crippen LogP contribution < -0.4 is 5.32 Å². The lowest BCUT2D eigenvalue weighted by Crippen LogP contribution is -2.24. The van der Waals surface area contributed by atoms with Crippen molar-refractivity contribution in [2.24, 2.45) is 0 Å². The number of ether oxygens (including phenoxy) is 1. The number of para-hydroxylation sites is 1. The maximum Gasteiger partial charge on any atom is 0.336 e. The number of benzene rings is 3. The summed E-state index contributed by atoms with van der Waals surface area (Å²) in [6.07, 6.45) is 0. The molecule has 0 radical (unpaired) electrons. The molecule has 1 aromatic heterocycles. The number of esters is 1. The summed E-state index contributed by atoms with van der Waals surface area (Å²) < 4.78 is 6.95. The normalized spacial score (nSPS) is 14.7.